The first kappa shape index (κ1) is 25.4. The maximum absolute atomic E-state index is 13.0. The number of aryl methyl sites for hydroxylation is 1. The first-order chi connectivity index (χ1) is 19.2. The Bertz CT molecular complexity index is 1680. The number of amides is 2. The van der Waals surface area contributed by atoms with Crippen molar-refractivity contribution in [3.63, 3.8) is 0 Å². The van der Waals surface area contributed by atoms with Crippen LogP contribution in [0, 0.1) is 6.92 Å². The summed E-state index contributed by atoms with van der Waals surface area (Å²) in [6.07, 6.45) is 7.58. The van der Waals surface area contributed by atoms with Crippen LogP contribution in [0.4, 0.5) is 22.1 Å². The topological polar surface area (TPSA) is 110 Å². The Morgan fingerprint density at radius 1 is 1.02 bits per heavy atom. The van der Waals surface area contributed by atoms with Gasteiger partial charge in [0.15, 0.2) is 11.5 Å². The monoisotopic (exact) mass is 536 g/mol. The Morgan fingerprint density at radius 2 is 1.82 bits per heavy atom. The smallest absolute Gasteiger partial charge is 0.324 e. The number of urea groups is 1. The molecule has 40 heavy (non-hydrogen) atoms. The molecule has 1 fully saturated rings. The third-order valence-electron chi connectivity index (χ3n) is 6.68. The van der Waals surface area contributed by atoms with Gasteiger partial charge in [0.2, 0.25) is 5.88 Å². The number of benzene rings is 2. The molecule has 3 aromatic heterocycles. The molecule has 10 nitrogen and oxygen atoms in total. The van der Waals surface area contributed by atoms with Gasteiger partial charge in [0.25, 0.3) is 0 Å². The molecule has 0 atom stereocenters. The van der Waals surface area contributed by atoms with Crippen molar-refractivity contribution in [1.29, 1.82) is 0 Å². The van der Waals surface area contributed by atoms with E-state index in [1.807, 2.05) is 66.1 Å². The minimum absolute atomic E-state index is 0.175. The molecule has 204 valence electrons. The molecule has 0 bridgehead atoms. The number of hydrogen-bond donors (Lipinski definition) is 3. The first-order valence-electron chi connectivity index (χ1n) is 13.4. The summed E-state index contributed by atoms with van der Waals surface area (Å²) in [7, 11) is 0. The Hall–Kier alpha value is -4.86. The molecule has 0 aliphatic heterocycles. The van der Waals surface area contributed by atoms with Crippen LogP contribution in [0.2, 0.25) is 0 Å². The van der Waals surface area contributed by atoms with Gasteiger partial charge in [-0.1, -0.05) is 39.0 Å². The Kier molecular flexibility index (Phi) is 6.37. The van der Waals surface area contributed by atoms with Gasteiger partial charge < -0.3 is 15.4 Å². The summed E-state index contributed by atoms with van der Waals surface area (Å²) in [5.41, 5.74) is 3.78. The highest BCUT2D eigenvalue weighted by molar-refractivity contribution is 5.99. The summed E-state index contributed by atoms with van der Waals surface area (Å²) in [6, 6.07) is 17.2. The van der Waals surface area contributed by atoms with Gasteiger partial charge in [-0.05, 0) is 55.7 Å². The van der Waals surface area contributed by atoms with E-state index in [4.69, 9.17) is 9.84 Å². The van der Waals surface area contributed by atoms with Crippen molar-refractivity contribution in [2.75, 3.05) is 16.0 Å². The second-order valence-corrected chi connectivity index (χ2v) is 11.1. The van der Waals surface area contributed by atoms with Crippen LogP contribution in [0.25, 0.3) is 11.3 Å². The minimum atomic E-state index is -0.367. The zero-order valence-electron chi connectivity index (χ0n) is 23.0. The van der Waals surface area contributed by atoms with Gasteiger partial charge in [0.1, 0.15) is 11.6 Å². The fourth-order valence-electron chi connectivity index (χ4n) is 4.33. The number of fused-ring (bicyclic) bond motifs is 1. The van der Waals surface area contributed by atoms with Crippen molar-refractivity contribution in [3.8, 4) is 17.3 Å². The molecule has 0 radical (unpaired) electrons. The molecule has 10 heteroatoms. The number of hydrogen-bond acceptors (Lipinski definition) is 6. The molecule has 3 heterocycles. The number of carbonyl (C=O) groups excluding carboxylic acids is 1. The highest BCUT2D eigenvalue weighted by Gasteiger charge is 2.24. The number of nitrogens with zero attached hydrogens (tertiary/aromatic N) is 5. The van der Waals surface area contributed by atoms with Crippen LogP contribution in [0.15, 0.2) is 73.2 Å². The largest absolute Gasteiger partial charge is 0.438 e. The second kappa shape index (κ2) is 10.0. The number of imidazole rings is 1. The molecule has 2 amide bonds. The highest BCUT2D eigenvalue weighted by atomic mass is 16.5. The zero-order valence-corrected chi connectivity index (χ0v) is 23.0. The molecule has 1 saturated carbocycles. The molecule has 1 aliphatic carbocycles. The quantitative estimate of drug-likeness (QED) is 0.218. The van der Waals surface area contributed by atoms with Gasteiger partial charge >= 0.3 is 6.03 Å². The fourth-order valence-corrected chi connectivity index (χ4v) is 4.33. The normalized spacial score (nSPS) is 13.3. The van der Waals surface area contributed by atoms with Crippen molar-refractivity contribution >= 4 is 29.0 Å². The van der Waals surface area contributed by atoms with E-state index in [9.17, 15) is 4.79 Å². The van der Waals surface area contributed by atoms with Crippen LogP contribution in [0.3, 0.4) is 0 Å². The van der Waals surface area contributed by atoms with Crippen molar-refractivity contribution in [2.24, 2.45) is 0 Å². The lowest BCUT2D eigenvalue weighted by Crippen LogP contribution is -2.21. The van der Waals surface area contributed by atoms with E-state index in [1.165, 1.54) is 0 Å². The summed E-state index contributed by atoms with van der Waals surface area (Å²) in [6.45, 7) is 8.21. The van der Waals surface area contributed by atoms with Crippen LogP contribution in [0.5, 0.6) is 11.6 Å². The van der Waals surface area contributed by atoms with Crippen LogP contribution in [-0.4, -0.2) is 36.2 Å². The SMILES string of the molecule is Cc1cc(NC(=O)Nc2cc(C(C)(C)C)nn2-c2ccccc2)ccc1Oc1cnc(NC2CC2)c2nccn12. The van der Waals surface area contributed by atoms with E-state index in [1.54, 1.807) is 23.1 Å². The lowest BCUT2D eigenvalue weighted by atomic mass is 9.92. The average molecular weight is 537 g/mol. The van der Waals surface area contributed by atoms with E-state index in [0.717, 1.165) is 41.3 Å². The van der Waals surface area contributed by atoms with Crippen molar-refractivity contribution in [3.05, 3.63) is 84.4 Å². The van der Waals surface area contributed by atoms with Gasteiger partial charge in [-0.3, -0.25) is 9.72 Å². The van der Waals surface area contributed by atoms with Gasteiger partial charge in [-0.25, -0.2) is 19.4 Å². The molecule has 0 spiro atoms. The lowest BCUT2D eigenvalue weighted by molar-refractivity contribution is 0.262. The average Bonchev–Trinajstić information content (AvgIpc) is 3.40. The molecule has 3 N–H and O–H groups in total. The minimum Gasteiger partial charge on any atom is -0.438 e. The molecule has 1 aliphatic rings. The van der Waals surface area contributed by atoms with Gasteiger partial charge in [0, 0.05) is 35.6 Å². The van der Waals surface area contributed by atoms with Gasteiger partial charge in [0.05, 0.1) is 17.6 Å². The number of para-hydroxylation sites is 1. The maximum atomic E-state index is 13.0. The number of rotatable bonds is 7. The van der Waals surface area contributed by atoms with E-state index in [2.05, 4.69) is 46.7 Å². The third kappa shape index (κ3) is 5.33. The van der Waals surface area contributed by atoms with E-state index in [0.29, 0.717) is 29.2 Å². The highest BCUT2D eigenvalue weighted by Crippen LogP contribution is 2.31. The molecule has 5 aromatic rings. The first-order valence-corrected chi connectivity index (χ1v) is 13.4. The number of carbonyl (C=O) groups is 1. The fraction of sp³-hybridized carbons (Fsp3) is 0.267. The molecule has 0 saturated heterocycles. The zero-order chi connectivity index (χ0) is 27.9. The summed E-state index contributed by atoms with van der Waals surface area (Å²) in [4.78, 5) is 22.0. The van der Waals surface area contributed by atoms with Crippen LogP contribution in [0.1, 0.15) is 44.9 Å². The molecular formula is C30H32N8O2. The standard InChI is InChI=1S/C30H32N8O2/c1-19-16-21(12-13-23(19)40-26-18-32-27(33-20-10-11-20)28-31-14-15-37(26)28)34-29(39)35-25-17-24(30(2,3)4)36-38(25)22-8-6-5-7-9-22/h5-9,12-18,20H,10-11H2,1-4H3,(H,32,33)(H2,34,35,39). The number of anilines is 3. The third-order valence-corrected chi connectivity index (χ3v) is 6.68. The summed E-state index contributed by atoms with van der Waals surface area (Å²) < 4.78 is 9.83. The summed E-state index contributed by atoms with van der Waals surface area (Å²) >= 11 is 0. The second-order valence-electron chi connectivity index (χ2n) is 11.1. The Morgan fingerprint density at radius 3 is 2.55 bits per heavy atom. The predicted molar refractivity (Wildman–Crippen MR) is 156 cm³/mol. The van der Waals surface area contributed by atoms with Crippen LogP contribution < -0.4 is 20.7 Å². The molecule has 2 aromatic carbocycles. The van der Waals surface area contributed by atoms with E-state index >= 15 is 0 Å². The number of nitrogens with one attached hydrogen (secondary N) is 3. The maximum Gasteiger partial charge on any atom is 0.324 e. The van der Waals surface area contributed by atoms with Crippen molar-refractivity contribution in [1.82, 2.24) is 24.1 Å². The predicted octanol–water partition coefficient (Wildman–Crippen LogP) is 6.53. The summed E-state index contributed by atoms with van der Waals surface area (Å²) in [5.74, 6) is 2.55. The number of ether oxygens (including phenoxy) is 1. The summed E-state index contributed by atoms with van der Waals surface area (Å²) in [5, 5.41) is 14.1. The van der Waals surface area contributed by atoms with E-state index < -0.39 is 0 Å². The number of aromatic nitrogens is 5. The van der Waals surface area contributed by atoms with Crippen LogP contribution in [-0.2, 0) is 5.41 Å². The van der Waals surface area contributed by atoms with E-state index in [-0.39, 0.29) is 11.4 Å². The van der Waals surface area contributed by atoms with Crippen molar-refractivity contribution < 1.29 is 9.53 Å². The molecule has 0 unspecified atom stereocenters. The Labute approximate surface area is 232 Å². The molecule has 6 rings (SSSR count). The Balaban J connectivity index is 1.18. The lowest BCUT2D eigenvalue weighted by Gasteiger charge is -2.14. The van der Waals surface area contributed by atoms with Crippen molar-refractivity contribution in [2.45, 2.75) is 52.0 Å². The van der Waals surface area contributed by atoms with Crippen LogP contribution >= 0.6 is 0 Å². The van der Waals surface area contributed by atoms with Gasteiger partial charge in [-0.2, -0.15) is 5.10 Å². The molecular weight excluding hydrogens is 504 g/mol. The van der Waals surface area contributed by atoms with Gasteiger partial charge in [-0.15, -0.1) is 0 Å².